The highest BCUT2D eigenvalue weighted by molar-refractivity contribution is 6.32. The summed E-state index contributed by atoms with van der Waals surface area (Å²) in [4.78, 5) is 10.4. The molecule has 0 amide bonds. The minimum absolute atomic E-state index is 0.389. The maximum Gasteiger partial charge on any atom is 0.320 e. The number of para-hydroxylation sites is 1. The summed E-state index contributed by atoms with van der Waals surface area (Å²) in [5.74, 6) is -0.384. The molecule has 0 unspecified atom stereocenters. The quantitative estimate of drug-likeness (QED) is 0.749. The zero-order valence-corrected chi connectivity index (χ0v) is 9.48. The van der Waals surface area contributed by atoms with E-state index in [2.05, 4.69) is 0 Å². The van der Waals surface area contributed by atoms with E-state index in [9.17, 15) is 4.79 Å². The van der Waals surface area contributed by atoms with Crippen molar-refractivity contribution < 1.29 is 14.6 Å². The highest BCUT2D eigenvalue weighted by Gasteiger charge is 2.10. The Labute approximate surface area is 99.0 Å². The summed E-state index contributed by atoms with van der Waals surface area (Å²) in [6.07, 6.45) is 0.971. The highest BCUT2D eigenvalue weighted by atomic mass is 35.5. The Morgan fingerprint density at radius 2 is 2.19 bits per heavy atom. The molecule has 16 heavy (non-hydrogen) atoms. The summed E-state index contributed by atoms with van der Waals surface area (Å²) in [5, 5.41) is 9.10. The fraction of sp³-hybridized carbons (Fsp3) is 0.364. The molecule has 1 rings (SSSR count). The van der Waals surface area contributed by atoms with Crippen molar-refractivity contribution >= 4 is 17.6 Å². The van der Waals surface area contributed by atoms with Crippen molar-refractivity contribution in [3.05, 3.63) is 29.3 Å². The van der Waals surface area contributed by atoms with Gasteiger partial charge in [-0.1, -0.05) is 23.7 Å². The Bertz CT molecular complexity index is 357. The smallest absolute Gasteiger partial charge is 0.320 e. The molecule has 0 heterocycles. The molecule has 1 aromatic carbocycles. The molecule has 3 N–H and O–H groups in total. The third-order valence-corrected chi connectivity index (χ3v) is 2.38. The van der Waals surface area contributed by atoms with E-state index in [-0.39, 0.29) is 0 Å². The van der Waals surface area contributed by atoms with Gasteiger partial charge in [0.15, 0.2) is 0 Å². The van der Waals surface area contributed by atoms with Crippen LogP contribution in [0.1, 0.15) is 12.8 Å². The lowest BCUT2D eigenvalue weighted by atomic mass is 10.2. The van der Waals surface area contributed by atoms with E-state index < -0.39 is 12.0 Å². The zero-order valence-electron chi connectivity index (χ0n) is 8.73. The summed E-state index contributed by atoms with van der Waals surface area (Å²) in [6, 6.07) is 6.31. The van der Waals surface area contributed by atoms with Crippen LogP contribution in [0.2, 0.25) is 5.02 Å². The molecule has 0 fully saturated rings. The van der Waals surface area contributed by atoms with Gasteiger partial charge in [-0.2, -0.15) is 0 Å². The van der Waals surface area contributed by atoms with Gasteiger partial charge < -0.3 is 15.6 Å². The summed E-state index contributed by atoms with van der Waals surface area (Å²) in [6.45, 7) is 0.407. The summed E-state index contributed by atoms with van der Waals surface area (Å²) < 4.78 is 5.39. The van der Waals surface area contributed by atoms with Gasteiger partial charge in [0.25, 0.3) is 0 Å². The first-order valence-corrected chi connectivity index (χ1v) is 5.35. The van der Waals surface area contributed by atoms with Crippen LogP contribution >= 0.6 is 11.6 Å². The van der Waals surface area contributed by atoms with Gasteiger partial charge in [-0.3, -0.25) is 4.79 Å². The number of aliphatic carboxylic acids is 1. The largest absolute Gasteiger partial charge is 0.492 e. The van der Waals surface area contributed by atoms with Gasteiger partial charge in [-0.05, 0) is 25.0 Å². The number of rotatable bonds is 6. The molecule has 0 radical (unpaired) electrons. The number of ether oxygens (including phenoxy) is 1. The predicted molar refractivity (Wildman–Crippen MR) is 61.8 cm³/mol. The maximum atomic E-state index is 10.4. The Morgan fingerprint density at radius 1 is 1.50 bits per heavy atom. The van der Waals surface area contributed by atoms with Gasteiger partial charge in [-0.15, -0.1) is 0 Å². The molecule has 0 bridgehead atoms. The number of benzene rings is 1. The number of carbonyl (C=O) groups is 1. The lowest BCUT2D eigenvalue weighted by Crippen LogP contribution is -2.30. The van der Waals surface area contributed by atoms with E-state index in [1.807, 2.05) is 12.1 Å². The molecule has 0 saturated carbocycles. The fourth-order valence-electron chi connectivity index (χ4n) is 1.17. The summed E-state index contributed by atoms with van der Waals surface area (Å²) in [5.41, 5.74) is 5.34. The normalized spacial score (nSPS) is 12.1. The van der Waals surface area contributed by atoms with E-state index in [1.54, 1.807) is 12.1 Å². The van der Waals surface area contributed by atoms with E-state index in [1.165, 1.54) is 0 Å². The molecule has 0 aliphatic heterocycles. The molecule has 4 nitrogen and oxygen atoms in total. The molecule has 0 spiro atoms. The van der Waals surface area contributed by atoms with Crippen molar-refractivity contribution in [2.75, 3.05) is 6.61 Å². The van der Waals surface area contributed by atoms with E-state index in [4.69, 9.17) is 27.2 Å². The van der Waals surface area contributed by atoms with Crippen molar-refractivity contribution in [2.45, 2.75) is 18.9 Å². The van der Waals surface area contributed by atoms with Crippen molar-refractivity contribution in [2.24, 2.45) is 5.73 Å². The van der Waals surface area contributed by atoms with Gasteiger partial charge in [0.2, 0.25) is 0 Å². The average Bonchev–Trinajstić information content (AvgIpc) is 2.26. The third-order valence-electron chi connectivity index (χ3n) is 2.07. The molecule has 0 aliphatic carbocycles. The molecule has 0 saturated heterocycles. The van der Waals surface area contributed by atoms with Crippen molar-refractivity contribution in [3.63, 3.8) is 0 Å². The first-order chi connectivity index (χ1) is 7.61. The Hall–Kier alpha value is -1.26. The summed E-state index contributed by atoms with van der Waals surface area (Å²) >= 11 is 5.87. The van der Waals surface area contributed by atoms with Crippen molar-refractivity contribution in [1.29, 1.82) is 0 Å². The van der Waals surface area contributed by atoms with Crippen LogP contribution in [0.4, 0.5) is 0 Å². The minimum Gasteiger partial charge on any atom is -0.492 e. The number of carboxylic acid groups (broad SMARTS) is 1. The van der Waals surface area contributed by atoms with Gasteiger partial charge in [0, 0.05) is 0 Å². The number of nitrogens with two attached hydrogens (primary N) is 1. The minimum atomic E-state index is -0.988. The van der Waals surface area contributed by atoms with Crippen LogP contribution in [0.25, 0.3) is 0 Å². The Balaban J connectivity index is 2.26. The van der Waals surface area contributed by atoms with E-state index in [0.29, 0.717) is 30.2 Å². The van der Waals surface area contributed by atoms with Gasteiger partial charge in [0.05, 0.1) is 11.6 Å². The molecule has 0 aliphatic rings. The van der Waals surface area contributed by atoms with Crippen LogP contribution in [0.3, 0.4) is 0 Å². The second-order valence-electron chi connectivity index (χ2n) is 3.37. The third kappa shape index (κ3) is 4.08. The SMILES string of the molecule is N[C@@H](CCCOc1ccccc1Cl)C(=O)O. The van der Waals surface area contributed by atoms with Crippen LogP contribution < -0.4 is 10.5 Å². The van der Waals surface area contributed by atoms with Crippen LogP contribution in [0.5, 0.6) is 5.75 Å². The highest BCUT2D eigenvalue weighted by Crippen LogP contribution is 2.23. The first-order valence-electron chi connectivity index (χ1n) is 4.97. The van der Waals surface area contributed by atoms with E-state index in [0.717, 1.165) is 0 Å². The maximum absolute atomic E-state index is 10.4. The second-order valence-corrected chi connectivity index (χ2v) is 3.77. The van der Waals surface area contributed by atoms with Gasteiger partial charge in [0.1, 0.15) is 11.8 Å². The van der Waals surface area contributed by atoms with Crippen LogP contribution in [0, 0.1) is 0 Å². The van der Waals surface area contributed by atoms with Gasteiger partial charge in [-0.25, -0.2) is 0 Å². The van der Waals surface area contributed by atoms with Crippen molar-refractivity contribution in [3.8, 4) is 5.75 Å². The predicted octanol–water partition coefficient (Wildman–Crippen LogP) is 1.91. The molecular weight excluding hydrogens is 230 g/mol. The lowest BCUT2D eigenvalue weighted by Gasteiger charge is -2.09. The number of carboxylic acids is 1. The molecule has 88 valence electrons. The number of halogens is 1. The first kappa shape index (κ1) is 12.8. The Morgan fingerprint density at radius 3 is 2.81 bits per heavy atom. The average molecular weight is 244 g/mol. The molecular formula is C11H14ClNO3. The fourth-order valence-corrected chi connectivity index (χ4v) is 1.36. The topological polar surface area (TPSA) is 72.5 Å². The molecule has 1 aromatic rings. The Kier molecular flexibility index (Phi) is 5.08. The molecule has 0 aromatic heterocycles. The molecule has 5 heteroatoms. The van der Waals surface area contributed by atoms with Gasteiger partial charge >= 0.3 is 5.97 Å². The summed E-state index contributed by atoms with van der Waals surface area (Å²) in [7, 11) is 0. The van der Waals surface area contributed by atoms with Crippen LogP contribution in [-0.4, -0.2) is 23.7 Å². The second kappa shape index (κ2) is 6.35. The van der Waals surface area contributed by atoms with Crippen LogP contribution in [0.15, 0.2) is 24.3 Å². The standard InChI is InChI=1S/C11H14ClNO3/c12-8-4-1-2-6-10(8)16-7-3-5-9(13)11(14)15/h1-2,4,6,9H,3,5,7,13H2,(H,14,15)/t9-/m0/s1. The van der Waals surface area contributed by atoms with E-state index >= 15 is 0 Å². The lowest BCUT2D eigenvalue weighted by molar-refractivity contribution is -0.138. The van der Waals surface area contributed by atoms with Crippen molar-refractivity contribution in [1.82, 2.24) is 0 Å². The zero-order chi connectivity index (χ0) is 12.0. The number of hydrogen-bond donors (Lipinski definition) is 2. The number of hydrogen-bond acceptors (Lipinski definition) is 3. The van der Waals surface area contributed by atoms with Crippen LogP contribution in [-0.2, 0) is 4.79 Å². The monoisotopic (exact) mass is 243 g/mol. The molecule has 1 atom stereocenters.